The lowest BCUT2D eigenvalue weighted by molar-refractivity contribution is -0.136. The van der Waals surface area contributed by atoms with Gasteiger partial charge >= 0.3 is 11.9 Å². The summed E-state index contributed by atoms with van der Waals surface area (Å²) < 4.78 is 21.5. The molecule has 32 heavy (non-hydrogen) atoms. The molecule has 1 saturated heterocycles. The van der Waals surface area contributed by atoms with Crippen molar-refractivity contribution in [3.05, 3.63) is 59.7 Å². The van der Waals surface area contributed by atoms with Gasteiger partial charge in [-0.2, -0.15) is 0 Å². The topological polar surface area (TPSA) is 93.8 Å². The third kappa shape index (κ3) is 3.25. The number of nitrogens with zero attached hydrogens (tertiary/aromatic N) is 3. The molecule has 1 fully saturated rings. The average Bonchev–Trinajstić information content (AvgIpc) is 3.59. The van der Waals surface area contributed by atoms with Gasteiger partial charge in [0.1, 0.15) is 11.8 Å². The maximum Gasteiger partial charge on any atom is 0.337 e. The van der Waals surface area contributed by atoms with Crippen molar-refractivity contribution in [3.63, 3.8) is 0 Å². The number of benzene rings is 1. The number of carbonyl (C=O) groups is 2. The number of rotatable bonds is 5. The molecule has 3 aliphatic heterocycles. The number of hydrogen-bond donors (Lipinski definition) is 0. The highest BCUT2D eigenvalue weighted by Crippen LogP contribution is 2.47. The summed E-state index contributed by atoms with van der Waals surface area (Å²) in [7, 11) is 2.68. The van der Waals surface area contributed by atoms with E-state index in [0.29, 0.717) is 29.4 Å². The van der Waals surface area contributed by atoms with Gasteiger partial charge in [0.25, 0.3) is 0 Å². The zero-order valence-corrected chi connectivity index (χ0v) is 17.8. The van der Waals surface area contributed by atoms with Gasteiger partial charge in [0.15, 0.2) is 0 Å². The molecular formula is C23H23N3O6. The number of fused-ring (bicyclic) bond motifs is 3. The highest BCUT2D eigenvalue weighted by Gasteiger charge is 2.45. The van der Waals surface area contributed by atoms with Gasteiger partial charge in [0.05, 0.1) is 55.6 Å². The molecule has 166 valence electrons. The summed E-state index contributed by atoms with van der Waals surface area (Å²) in [6, 6.07) is 8.31. The van der Waals surface area contributed by atoms with E-state index in [1.54, 1.807) is 30.5 Å². The van der Waals surface area contributed by atoms with Gasteiger partial charge in [0, 0.05) is 12.8 Å². The van der Waals surface area contributed by atoms with Crippen molar-refractivity contribution < 1.29 is 28.2 Å². The van der Waals surface area contributed by atoms with E-state index in [1.165, 1.54) is 20.4 Å². The summed E-state index contributed by atoms with van der Waals surface area (Å²) in [6.45, 7) is 1.34. The third-order valence-corrected chi connectivity index (χ3v) is 5.92. The van der Waals surface area contributed by atoms with Crippen LogP contribution in [0.3, 0.4) is 0 Å². The minimum atomic E-state index is -0.605. The molecule has 0 N–H and O–H groups in total. The number of esters is 2. The maximum atomic E-state index is 12.6. The van der Waals surface area contributed by atoms with Crippen LogP contribution in [0.5, 0.6) is 0 Å². The smallest absolute Gasteiger partial charge is 0.337 e. The molecule has 4 heterocycles. The number of aliphatic imine (C=N–C) groups is 1. The van der Waals surface area contributed by atoms with E-state index in [4.69, 9.17) is 18.6 Å². The molecule has 1 aromatic carbocycles. The Hall–Kier alpha value is -3.59. The Labute approximate surface area is 184 Å². The van der Waals surface area contributed by atoms with Crippen molar-refractivity contribution in [2.45, 2.75) is 25.0 Å². The lowest BCUT2D eigenvalue weighted by Gasteiger charge is -2.33. The molecule has 0 amide bonds. The van der Waals surface area contributed by atoms with Gasteiger partial charge < -0.3 is 23.5 Å². The molecule has 0 saturated carbocycles. The number of methoxy groups -OCH3 is 2. The Morgan fingerprint density at radius 2 is 2.00 bits per heavy atom. The first kappa shape index (κ1) is 20.3. The number of guanidine groups is 1. The number of furan rings is 1. The van der Waals surface area contributed by atoms with E-state index >= 15 is 0 Å². The third-order valence-electron chi connectivity index (χ3n) is 5.92. The first-order valence-corrected chi connectivity index (χ1v) is 10.4. The Kier molecular flexibility index (Phi) is 5.18. The van der Waals surface area contributed by atoms with Crippen LogP contribution in [0.4, 0.5) is 11.4 Å². The molecule has 9 nitrogen and oxygen atoms in total. The van der Waals surface area contributed by atoms with Crippen LogP contribution in [0, 0.1) is 0 Å². The summed E-state index contributed by atoms with van der Waals surface area (Å²) in [5, 5.41) is 0. The fourth-order valence-electron chi connectivity index (χ4n) is 4.44. The quantitative estimate of drug-likeness (QED) is 0.659. The molecule has 0 bridgehead atoms. The second-order valence-corrected chi connectivity index (χ2v) is 7.73. The molecule has 1 aromatic heterocycles. The van der Waals surface area contributed by atoms with E-state index in [0.717, 1.165) is 30.8 Å². The van der Waals surface area contributed by atoms with Crippen LogP contribution < -0.4 is 9.80 Å². The van der Waals surface area contributed by atoms with E-state index in [9.17, 15) is 9.59 Å². The first-order chi connectivity index (χ1) is 15.6. The minimum absolute atomic E-state index is 0.0684. The highest BCUT2D eigenvalue weighted by atomic mass is 16.5. The van der Waals surface area contributed by atoms with Crippen LogP contribution in [0.2, 0.25) is 0 Å². The van der Waals surface area contributed by atoms with Crippen LogP contribution in [-0.2, 0) is 19.0 Å². The van der Waals surface area contributed by atoms with E-state index in [1.807, 2.05) is 11.0 Å². The van der Waals surface area contributed by atoms with Crippen molar-refractivity contribution in [3.8, 4) is 0 Å². The SMILES string of the molecule is COC(=O)C1=CN=C2N(CC3CCCO3)c3ccc(C(=O)OC)cc3N2C1c1ccco1. The number of carbonyl (C=O) groups excluding carboxylic acids is 2. The van der Waals surface area contributed by atoms with Crippen molar-refractivity contribution in [2.24, 2.45) is 4.99 Å². The Morgan fingerprint density at radius 3 is 2.69 bits per heavy atom. The minimum Gasteiger partial charge on any atom is -0.467 e. The largest absolute Gasteiger partial charge is 0.467 e. The van der Waals surface area contributed by atoms with Crippen LogP contribution in [0.1, 0.15) is 35.0 Å². The van der Waals surface area contributed by atoms with Crippen molar-refractivity contribution in [1.29, 1.82) is 0 Å². The molecule has 9 heteroatoms. The molecule has 3 aliphatic rings. The second kappa shape index (κ2) is 8.16. The van der Waals surface area contributed by atoms with Gasteiger partial charge in [-0.05, 0) is 43.2 Å². The first-order valence-electron chi connectivity index (χ1n) is 10.4. The molecule has 0 radical (unpaired) electrons. The Balaban J connectivity index is 1.66. The van der Waals surface area contributed by atoms with Gasteiger partial charge in [-0.15, -0.1) is 0 Å². The summed E-state index contributed by atoms with van der Waals surface area (Å²) in [4.78, 5) is 33.5. The van der Waals surface area contributed by atoms with Crippen molar-refractivity contribution in [1.82, 2.24) is 0 Å². The second-order valence-electron chi connectivity index (χ2n) is 7.73. The number of anilines is 2. The zero-order chi connectivity index (χ0) is 22.2. The zero-order valence-electron chi connectivity index (χ0n) is 17.8. The summed E-state index contributed by atoms with van der Waals surface area (Å²) in [5.74, 6) is 0.241. The predicted octanol–water partition coefficient (Wildman–Crippen LogP) is 3.04. The molecular weight excluding hydrogens is 414 g/mol. The standard InChI is InChI=1S/C23H23N3O6/c1-29-21(27)14-7-8-17-18(11-14)26-20(19-6-4-10-32-19)16(22(28)30-2)12-24-23(26)25(17)13-15-5-3-9-31-15/h4,6-8,10-12,15,20H,3,5,9,13H2,1-2H3. The molecule has 0 aliphatic carbocycles. The molecule has 2 unspecified atom stereocenters. The van der Waals surface area contributed by atoms with Crippen LogP contribution in [-0.4, -0.2) is 51.4 Å². The fraction of sp³-hybridized carbons (Fsp3) is 0.348. The van der Waals surface area contributed by atoms with Gasteiger partial charge in [-0.3, -0.25) is 4.90 Å². The molecule has 2 atom stereocenters. The van der Waals surface area contributed by atoms with Gasteiger partial charge in [-0.25, -0.2) is 14.6 Å². The Morgan fingerprint density at radius 1 is 1.16 bits per heavy atom. The monoisotopic (exact) mass is 437 g/mol. The van der Waals surface area contributed by atoms with Gasteiger partial charge in [0.2, 0.25) is 5.96 Å². The summed E-state index contributed by atoms with van der Waals surface area (Å²) >= 11 is 0. The molecule has 5 rings (SSSR count). The van der Waals surface area contributed by atoms with Crippen molar-refractivity contribution in [2.75, 3.05) is 37.2 Å². The van der Waals surface area contributed by atoms with Gasteiger partial charge in [-0.1, -0.05) is 0 Å². The van der Waals surface area contributed by atoms with Crippen LogP contribution in [0.15, 0.2) is 57.8 Å². The maximum absolute atomic E-state index is 12.6. The van der Waals surface area contributed by atoms with E-state index in [-0.39, 0.29) is 6.10 Å². The van der Waals surface area contributed by atoms with E-state index in [2.05, 4.69) is 9.89 Å². The van der Waals surface area contributed by atoms with Crippen LogP contribution in [0.25, 0.3) is 0 Å². The predicted molar refractivity (Wildman–Crippen MR) is 116 cm³/mol. The molecule has 2 aromatic rings. The fourth-order valence-corrected chi connectivity index (χ4v) is 4.44. The lowest BCUT2D eigenvalue weighted by atomic mass is 10.0. The number of ether oxygens (including phenoxy) is 3. The number of hydrogen-bond acceptors (Lipinski definition) is 9. The van der Waals surface area contributed by atoms with Crippen molar-refractivity contribution >= 4 is 29.3 Å². The molecule has 0 spiro atoms. The Bertz CT molecular complexity index is 1100. The summed E-state index contributed by atoms with van der Waals surface area (Å²) in [6.07, 6.45) is 5.13. The van der Waals surface area contributed by atoms with E-state index < -0.39 is 18.0 Å². The normalized spacial score (nSPS) is 21.6. The van der Waals surface area contributed by atoms with Crippen LogP contribution >= 0.6 is 0 Å². The average molecular weight is 437 g/mol. The lowest BCUT2D eigenvalue weighted by Crippen LogP contribution is -2.46. The summed E-state index contributed by atoms with van der Waals surface area (Å²) in [5.41, 5.74) is 2.32. The highest BCUT2D eigenvalue weighted by molar-refractivity contribution is 6.19.